The zero-order valence-corrected chi connectivity index (χ0v) is 24.7. The van der Waals surface area contributed by atoms with Gasteiger partial charge in [0.25, 0.3) is 0 Å². The van der Waals surface area contributed by atoms with E-state index in [-0.39, 0.29) is 23.2 Å². The molecule has 8 nitrogen and oxygen atoms in total. The molecule has 2 aromatic carbocycles. The van der Waals surface area contributed by atoms with Crippen LogP contribution in [0.5, 0.6) is 5.75 Å². The number of ether oxygens (including phenoxy) is 1. The topological polar surface area (TPSA) is 96.0 Å². The summed E-state index contributed by atoms with van der Waals surface area (Å²) < 4.78 is 31.5. The summed E-state index contributed by atoms with van der Waals surface area (Å²) in [4.78, 5) is 28.3. The van der Waals surface area contributed by atoms with Gasteiger partial charge < -0.3 is 15.0 Å². The molecule has 2 aromatic rings. The third-order valence-corrected chi connectivity index (χ3v) is 7.50. The van der Waals surface area contributed by atoms with Crippen molar-refractivity contribution in [3.63, 3.8) is 0 Å². The van der Waals surface area contributed by atoms with E-state index in [2.05, 4.69) is 5.32 Å². The first-order valence-electron chi connectivity index (χ1n) is 11.4. The molecule has 12 heteroatoms. The van der Waals surface area contributed by atoms with Gasteiger partial charge in [0.1, 0.15) is 18.3 Å². The number of carbonyl (C=O) groups excluding carboxylic acids is 2. The molecule has 0 bridgehead atoms. The lowest BCUT2D eigenvalue weighted by molar-refractivity contribution is -0.141. The molecule has 0 aliphatic heterocycles. The molecular formula is C25H32Cl3N3O5S. The normalized spacial score (nSPS) is 12.6. The van der Waals surface area contributed by atoms with Crippen molar-refractivity contribution >= 4 is 62.3 Å². The molecule has 1 atom stereocenters. The summed E-state index contributed by atoms with van der Waals surface area (Å²) in [6.45, 7) is 6.74. The summed E-state index contributed by atoms with van der Waals surface area (Å²) in [5.74, 6) is -0.586. The van der Waals surface area contributed by atoms with Gasteiger partial charge in [0.15, 0.2) is 0 Å². The summed E-state index contributed by atoms with van der Waals surface area (Å²) in [6.07, 6.45) is 1.29. The SMILES string of the molecule is CC[C@@H](C(=O)NC(C)(C)C)N(Cc1ccc(Cl)c(Cl)c1)C(=O)CN(c1ccc(OC)c(Cl)c1)S(C)(=O)=O. The van der Waals surface area contributed by atoms with E-state index in [1.165, 1.54) is 30.2 Å². The molecule has 2 amide bonds. The van der Waals surface area contributed by atoms with Gasteiger partial charge in [-0.2, -0.15) is 0 Å². The molecule has 204 valence electrons. The van der Waals surface area contributed by atoms with Gasteiger partial charge >= 0.3 is 0 Å². The van der Waals surface area contributed by atoms with Gasteiger partial charge in [0.05, 0.1) is 34.1 Å². The second-order valence-corrected chi connectivity index (χ2v) is 12.7. The monoisotopic (exact) mass is 591 g/mol. The Morgan fingerprint density at radius 3 is 2.16 bits per heavy atom. The molecule has 0 aromatic heterocycles. The van der Waals surface area contributed by atoms with E-state index in [4.69, 9.17) is 39.5 Å². The highest BCUT2D eigenvalue weighted by Gasteiger charge is 2.33. The highest BCUT2D eigenvalue weighted by molar-refractivity contribution is 7.92. The van der Waals surface area contributed by atoms with Crippen molar-refractivity contribution in [1.82, 2.24) is 10.2 Å². The first-order valence-corrected chi connectivity index (χ1v) is 14.4. The summed E-state index contributed by atoms with van der Waals surface area (Å²) in [6, 6.07) is 8.44. The fourth-order valence-electron chi connectivity index (χ4n) is 3.63. The van der Waals surface area contributed by atoms with Crippen LogP contribution in [0.2, 0.25) is 15.1 Å². The fraction of sp³-hybridized carbons (Fsp3) is 0.440. The quantitative estimate of drug-likeness (QED) is 0.412. The number of nitrogens with one attached hydrogen (secondary N) is 1. The Hall–Kier alpha value is -2.20. The van der Waals surface area contributed by atoms with Crippen LogP contribution in [0.25, 0.3) is 0 Å². The highest BCUT2D eigenvalue weighted by atomic mass is 35.5. The van der Waals surface area contributed by atoms with Crippen molar-refractivity contribution < 1.29 is 22.7 Å². The van der Waals surface area contributed by atoms with Crippen LogP contribution in [-0.4, -0.2) is 56.6 Å². The first kappa shape index (κ1) is 31.0. The first-order chi connectivity index (χ1) is 17.1. The molecule has 0 fully saturated rings. The van der Waals surface area contributed by atoms with Crippen molar-refractivity contribution in [3.8, 4) is 5.75 Å². The van der Waals surface area contributed by atoms with Gasteiger partial charge in [-0.05, 0) is 63.1 Å². The van der Waals surface area contributed by atoms with Gasteiger partial charge in [0.2, 0.25) is 21.8 Å². The lowest BCUT2D eigenvalue weighted by Gasteiger charge is -2.34. The number of nitrogens with zero attached hydrogens (tertiary/aromatic N) is 2. The standard InChI is InChI=1S/C25H32Cl3N3O5S/c1-7-21(24(33)29-25(2,3)4)30(14-16-8-10-18(26)19(27)12-16)23(32)15-31(37(6,34)35)17-9-11-22(36-5)20(28)13-17/h8-13,21H,7,14-15H2,1-6H3,(H,29,33)/t21-/m0/s1. The molecule has 0 aliphatic rings. The van der Waals surface area contributed by atoms with Crippen LogP contribution in [0.15, 0.2) is 36.4 Å². The lowest BCUT2D eigenvalue weighted by atomic mass is 10.1. The predicted molar refractivity (Wildman–Crippen MR) is 149 cm³/mol. The zero-order chi connectivity index (χ0) is 28.1. The number of hydrogen-bond acceptors (Lipinski definition) is 5. The van der Waals surface area contributed by atoms with Gasteiger partial charge in [-0.25, -0.2) is 8.42 Å². The number of benzene rings is 2. The molecule has 0 heterocycles. The Kier molecular flexibility index (Phi) is 10.5. The highest BCUT2D eigenvalue weighted by Crippen LogP contribution is 2.30. The van der Waals surface area contributed by atoms with Crippen LogP contribution in [0.1, 0.15) is 39.7 Å². The number of amides is 2. The molecule has 0 saturated carbocycles. The van der Waals surface area contributed by atoms with E-state index in [1.54, 1.807) is 25.1 Å². The molecule has 0 spiro atoms. The van der Waals surface area contributed by atoms with Crippen molar-refractivity contribution in [1.29, 1.82) is 0 Å². The van der Waals surface area contributed by atoms with E-state index in [9.17, 15) is 18.0 Å². The van der Waals surface area contributed by atoms with Crippen LogP contribution in [0.4, 0.5) is 5.69 Å². The Morgan fingerprint density at radius 1 is 1.03 bits per heavy atom. The van der Waals surface area contributed by atoms with E-state index in [0.717, 1.165) is 10.6 Å². The number of carbonyl (C=O) groups is 2. The van der Waals surface area contributed by atoms with Crippen LogP contribution >= 0.6 is 34.8 Å². The largest absolute Gasteiger partial charge is 0.495 e. The van der Waals surface area contributed by atoms with Gasteiger partial charge in [-0.1, -0.05) is 47.8 Å². The van der Waals surface area contributed by atoms with Crippen molar-refractivity contribution in [2.75, 3.05) is 24.2 Å². The smallest absolute Gasteiger partial charge is 0.244 e. The Balaban J connectivity index is 2.51. The number of methoxy groups -OCH3 is 1. The van der Waals surface area contributed by atoms with Gasteiger partial charge in [-0.15, -0.1) is 0 Å². The maximum atomic E-state index is 13.7. The molecule has 2 rings (SSSR count). The van der Waals surface area contributed by atoms with Crippen LogP contribution in [0.3, 0.4) is 0 Å². The second kappa shape index (κ2) is 12.6. The molecule has 1 N–H and O–H groups in total. The minimum absolute atomic E-state index is 0.00671. The van der Waals surface area contributed by atoms with E-state index in [0.29, 0.717) is 27.8 Å². The molecular weight excluding hydrogens is 561 g/mol. The second-order valence-electron chi connectivity index (χ2n) is 9.52. The summed E-state index contributed by atoms with van der Waals surface area (Å²) in [5.41, 5.74) is 0.271. The van der Waals surface area contributed by atoms with Crippen LogP contribution < -0.4 is 14.4 Å². The maximum Gasteiger partial charge on any atom is 0.244 e. The van der Waals surface area contributed by atoms with Crippen molar-refractivity contribution in [3.05, 3.63) is 57.0 Å². The minimum Gasteiger partial charge on any atom is -0.495 e. The van der Waals surface area contributed by atoms with Crippen LogP contribution in [-0.2, 0) is 26.2 Å². The van der Waals surface area contributed by atoms with Gasteiger partial charge in [-0.3, -0.25) is 13.9 Å². The minimum atomic E-state index is -3.90. The third-order valence-electron chi connectivity index (χ3n) is 5.32. The van der Waals surface area contributed by atoms with Crippen molar-refractivity contribution in [2.24, 2.45) is 0 Å². The van der Waals surface area contributed by atoms with E-state index < -0.39 is 34.1 Å². The molecule has 0 unspecified atom stereocenters. The Bertz CT molecular complexity index is 1250. The number of hydrogen-bond donors (Lipinski definition) is 1. The molecule has 0 aliphatic carbocycles. The summed E-state index contributed by atoms with van der Waals surface area (Å²) >= 11 is 18.4. The van der Waals surface area contributed by atoms with Crippen molar-refractivity contribution in [2.45, 2.75) is 52.2 Å². The number of anilines is 1. The van der Waals surface area contributed by atoms with E-state index in [1.807, 2.05) is 20.8 Å². The maximum absolute atomic E-state index is 13.7. The number of halogens is 3. The number of sulfonamides is 1. The summed E-state index contributed by atoms with van der Waals surface area (Å²) in [5, 5.41) is 3.73. The lowest BCUT2D eigenvalue weighted by Crippen LogP contribution is -2.55. The predicted octanol–water partition coefficient (Wildman–Crippen LogP) is 5.14. The number of rotatable bonds is 10. The average Bonchev–Trinajstić information content (AvgIpc) is 2.77. The Labute approximate surface area is 233 Å². The fourth-order valence-corrected chi connectivity index (χ4v) is 5.05. The van der Waals surface area contributed by atoms with Crippen LogP contribution in [0, 0.1) is 0 Å². The Morgan fingerprint density at radius 2 is 1.68 bits per heavy atom. The van der Waals surface area contributed by atoms with Gasteiger partial charge in [0, 0.05) is 12.1 Å². The average molecular weight is 593 g/mol. The molecule has 37 heavy (non-hydrogen) atoms. The summed E-state index contributed by atoms with van der Waals surface area (Å²) in [7, 11) is -2.46. The molecule has 0 radical (unpaired) electrons. The zero-order valence-electron chi connectivity index (χ0n) is 21.6. The van der Waals surface area contributed by atoms with E-state index >= 15 is 0 Å². The molecule has 0 saturated heterocycles. The third kappa shape index (κ3) is 8.67.